The molecule has 0 aliphatic heterocycles. The second-order valence-corrected chi connectivity index (χ2v) is 4.91. The number of nitrogens with zero attached hydrogens (tertiary/aromatic N) is 1. The summed E-state index contributed by atoms with van der Waals surface area (Å²) in [5.41, 5.74) is 3.30. The van der Waals surface area contributed by atoms with Gasteiger partial charge in [-0.3, -0.25) is 4.98 Å². The summed E-state index contributed by atoms with van der Waals surface area (Å²) in [6, 6.07) is 11.3. The van der Waals surface area contributed by atoms with Crippen LogP contribution in [0.15, 0.2) is 36.4 Å². The molecule has 1 N–H and O–H groups in total. The number of aryl methyl sites for hydroxylation is 2. The van der Waals surface area contributed by atoms with Gasteiger partial charge in [-0.2, -0.15) is 0 Å². The standard InChI is InChI=1S/C17H21NO3/c1-12-8-9-14(13(2)18-12)17(19)15-6-4-5-7-16(15)21-11-10-20-3/h4-9,17,19H,10-11H2,1-3H3. The molecule has 0 amide bonds. The van der Waals surface area contributed by atoms with Crippen molar-refractivity contribution in [3.63, 3.8) is 0 Å². The Morgan fingerprint density at radius 2 is 1.81 bits per heavy atom. The first-order valence-electron chi connectivity index (χ1n) is 6.96. The number of benzene rings is 1. The van der Waals surface area contributed by atoms with Gasteiger partial charge in [-0.15, -0.1) is 0 Å². The molecule has 2 aromatic rings. The summed E-state index contributed by atoms with van der Waals surface area (Å²) in [6.07, 6.45) is -0.753. The molecule has 0 aliphatic carbocycles. The Morgan fingerprint density at radius 1 is 1.05 bits per heavy atom. The number of aliphatic hydroxyl groups is 1. The van der Waals surface area contributed by atoms with E-state index in [9.17, 15) is 5.11 Å². The molecule has 1 aromatic carbocycles. The summed E-state index contributed by atoms with van der Waals surface area (Å²) >= 11 is 0. The monoisotopic (exact) mass is 287 g/mol. The first-order chi connectivity index (χ1) is 10.1. The van der Waals surface area contributed by atoms with Crippen molar-refractivity contribution in [3.05, 3.63) is 58.9 Å². The Bertz CT molecular complexity index is 598. The molecule has 0 bridgehead atoms. The first kappa shape index (κ1) is 15.5. The van der Waals surface area contributed by atoms with E-state index in [1.807, 2.05) is 50.2 Å². The van der Waals surface area contributed by atoms with Crippen LogP contribution in [0.2, 0.25) is 0 Å². The summed E-state index contributed by atoms with van der Waals surface area (Å²) in [6.45, 7) is 4.80. The number of hydrogen-bond donors (Lipinski definition) is 1. The van der Waals surface area contributed by atoms with E-state index < -0.39 is 6.10 Å². The normalized spacial score (nSPS) is 12.2. The minimum Gasteiger partial charge on any atom is -0.491 e. The smallest absolute Gasteiger partial charge is 0.125 e. The molecule has 0 saturated carbocycles. The van der Waals surface area contributed by atoms with E-state index in [0.717, 1.165) is 22.5 Å². The second kappa shape index (κ2) is 7.20. The highest BCUT2D eigenvalue weighted by Crippen LogP contribution is 2.31. The number of ether oxygens (including phenoxy) is 2. The van der Waals surface area contributed by atoms with Gasteiger partial charge in [-0.25, -0.2) is 0 Å². The number of hydrogen-bond acceptors (Lipinski definition) is 4. The fourth-order valence-corrected chi connectivity index (χ4v) is 2.23. The lowest BCUT2D eigenvalue weighted by Crippen LogP contribution is -2.09. The summed E-state index contributed by atoms with van der Waals surface area (Å²) in [4.78, 5) is 4.40. The molecule has 21 heavy (non-hydrogen) atoms. The van der Waals surface area contributed by atoms with Gasteiger partial charge in [0.2, 0.25) is 0 Å². The molecule has 1 atom stereocenters. The maximum Gasteiger partial charge on any atom is 0.125 e. The van der Waals surface area contributed by atoms with Gasteiger partial charge in [0.1, 0.15) is 18.5 Å². The minimum absolute atomic E-state index is 0.450. The molecule has 0 aliphatic rings. The van der Waals surface area contributed by atoms with E-state index in [4.69, 9.17) is 9.47 Å². The molecule has 0 fully saturated rings. The van der Waals surface area contributed by atoms with Gasteiger partial charge in [0.25, 0.3) is 0 Å². The number of methoxy groups -OCH3 is 1. The predicted octanol–water partition coefficient (Wildman–Crippen LogP) is 2.81. The lowest BCUT2D eigenvalue weighted by atomic mass is 9.99. The van der Waals surface area contributed by atoms with Crippen LogP contribution >= 0.6 is 0 Å². The van der Waals surface area contributed by atoms with E-state index in [-0.39, 0.29) is 0 Å². The van der Waals surface area contributed by atoms with Crippen LogP contribution in [0.5, 0.6) is 5.75 Å². The van der Waals surface area contributed by atoms with E-state index >= 15 is 0 Å². The molecular formula is C17H21NO3. The van der Waals surface area contributed by atoms with Gasteiger partial charge in [0, 0.05) is 29.6 Å². The number of pyridine rings is 1. The Balaban J connectivity index is 2.27. The zero-order chi connectivity index (χ0) is 15.2. The molecule has 1 aromatic heterocycles. The van der Waals surface area contributed by atoms with E-state index in [0.29, 0.717) is 19.0 Å². The topological polar surface area (TPSA) is 51.6 Å². The Labute approximate surface area is 125 Å². The summed E-state index contributed by atoms with van der Waals surface area (Å²) in [5, 5.41) is 10.6. The van der Waals surface area contributed by atoms with E-state index in [1.54, 1.807) is 7.11 Å². The highest BCUT2D eigenvalue weighted by atomic mass is 16.5. The van der Waals surface area contributed by atoms with Crippen molar-refractivity contribution >= 4 is 0 Å². The van der Waals surface area contributed by atoms with Crippen LogP contribution in [-0.2, 0) is 4.74 Å². The van der Waals surface area contributed by atoms with E-state index in [2.05, 4.69) is 4.98 Å². The van der Waals surface area contributed by atoms with Gasteiger partial charge in [0.15, 0.2) is 0 Å². The molecule has 0 saturated heterocycles. The fraction of sp³-hybridized carbons (Fsp3) is 0.353. The molecule has 2 rings (SSSR count). The highest BCUT2D eigenvalue weighted by Gasteiger charge is 2.17. The summed E-state index contributed by atoms with van der Waals surface area (Å²) in [7, 11) is 1.63. The molecular weight excluding hydrogens is 266 g/mol. The van der Waals surface area contributed by atoms with Crippen molar-refractivity contribution in [3.8, 4) is 5.75 Å². The SMILES string of the molecule is COCCOc1ccccc1C(O)c1ccc(C)nc1C. The van der Waals surface area contributed by atoms with Crippen molar-refractivity contribution in [2.75, 3.05) is 20.3 Å². The minimum atomic E-state index is -0.753. The summed E-state index contributed by atoms with van der Waals surface area (Å²) < 4.78 is 10.7. The van der Waals surface area contributed by atoms with Crippen LogP contribution in [0.1, 0.15) is 28.6 Å². The van der Waals surface area contributed by atoms with Crippen LogP contribution in [0.4, 0.5) is 0 Å². The van der Waals surface area contributed by atoms with Gasteiger partial charge in [0.05, 0.1) is 6.61 Å². The number of aromatic nitrogens is 1. The van der Waals surface area contributed by atoms with Crippen molar-refractivity contribution in [2.45, 2.75) is 20.0 Å². The third-order valence-electron chi connectivity index (χ3n) is 3.32. The maximum absolute atomic E-state index is 10.6. The zero-order valence-corrected chi connectivity index (χ0v) is 12.7. The second-order valence-electron chi connectivity index (χ2n) is 4.91. The molecule has 1 heterocycles. The van der Waals surface area contributed by atoms with Gasteiger partial charge in [-0.05, 0) is 26.0 Å². The van der Waals surface area contributed by atoms with E-state index in [1.165, 1.54) is 0 Å². The van der Waals surface area contributed by atoms with Crippen LogP contribution in [0.25, 0.3) is 0 Å². The lowest BCUT2D eigenvalue weighted by molar-refractivity contribution is 0.142. The lowest BCUT2D eigenvalue weighted by Gasteiger charge is -2.18. The predicted molar refractivity (Wildman–Crippen MR) is 81.6 cm³/mol. The molecule has 112 valence electrons. The average molecular weight is 287 g/mol. The van der Waals surface area contributed by atoms with Crippen molar-refractivity contribution in [1.29, 1.82) is 0 Å². The maximum atomic E-state index is 10.6. The molecule has 0 spiro atoms. The number of aliphatic hydroxyl groups excluding tert-OH is 1. The summed E-state index contributed by atoms with van der Waals surface area (Å²) in [5.74, 6) is 0.669. The quantitative estimate of drug-likeness (QED) is 0.830. The molecule has 4 heteroatoms. The van der Waals surface area contributed by atoms with Gasteiger partial charge < -0.3 is 14.6 Å². The van der Waals surface area contributed by atoms with Gasteiger partial charge >= 0.3 is 0 Å². The Morgan fingerprint density at radius 3 is 2.52 bits per heavy atom. The average Bonchev–Trinajstić information content (AvgIpc) is 2.47. The molecule has 4 nitrogen and oxygen atoms in total. The van der Waals surface area contributed by atoms with Crippen molar-refractivity contribution < 1.29 is 14.6 Å². The van der Waals surface area contributed by atoms with Crippen molar-refractivity contribution in [2.24, 2.45) is 0 Å². The highest BCUT2D eigenvalue weighted by molar-refractivity contribution is 5.41. The third kappa shape index (κ3) is 3.80. The van der Waals surface area contributed by atoms with Crippen LogP contribution in [-0.4, -0.2) is 30.4 Å². The van der Waals surface area contributed by atoms with Crippen LogP contribution < -0.4 is 4.74 Å². The third-order valence-corrected chi connectivity index (χ3v) is 3.32. The van der Waals surface area contributed by atoms with Crippen molar-refractivity contribution in [1.82, 2.24) is 4.98 Å². The zero-order valence-electron chi connectivity index (χ0n) is 12.7. The molecule has 0 radical (unpaired) electrons. The molecule has 1 unspecified atom stereocenters. The number of rotatable bonds is 6. The van der Waals surface area contributed by atoms with Crippen LogP contribution in [0.3, 0.4) is 0 Å². The number of para-hydroxylation sites is 1. The van der Waals surface area contributed by atoms with Gasteiger partial charge in [-0.1, -0.05) is 24.3 Å². The Kier molecular flexibility index (Phi) is 5.31. The largest absolute Gasteiger partial charge is 0.491 e. The first-order valence-corrected chi connectivity index (χ1v) is 6.96. The Hall–Kier alpha value is -1.91. The van der Waals surface area contributed by atoms with Crippen LogP contribution in [0, 0.1) is 13.8 Å². The fourth-order valence-electron chi connectivity index (χ4n) is 2.23.